The van der Waals surface area contributed by atoms with Crippen molar-refractivity contribution in [3.63, 3.8) is 0 Å². The molecule has 9 heteroatoms. The van der Waals surface area contributed by atoms with E-state index in [1.807, 2.05) is 36.4 Å². The van der Waals surface area contributed by atoms with E-state index in [0.29, 0.717) is 34.1 Å². The molecule has 0 aliphatic carbocycles. The number of carbonyl (C=O) groups excluding carboxylic acids is 2. The van der Waals surface area contributed by atoms with Crippen LogP contribution in [0, 0.1) is 22.7 Å². The van der Waals surface area contributed by atoms with Crippen LogP contribution in [0.2, 0.25) is 0 Å². The number of nitriles is 2. The number of likely N-dealkylation sites (N-methyl/N-ethyl adjacent to an activating group) is 1. The number of hydrogen-bond donors (Lipinski definition) is 0. The molecule has 0 fully saturated rings. The number of rotatable bonds is 4. The SMILES string of the molecule is CCN1C(=O)C(C#N)=C(C)/C(=C/c2nc3oc(-c4ccc(C#N)cc4)nc3n2-c2ccccc2)C1=O. The Bertz CT molecular complexity index is 1680. The molecule has 2 aromatic heterocycles. The van der Waals surface area contributed by atoms with Crippen LogP contribution in [0.4, 0.5) is 0 Å². The Kier molecular flexibility index (Phi) is 5.51. The van der Waals surface area contributed by atoms with Gasteiger partial charge in [0.1, 0.15) is 17.5 Å². The molecule has 0 spiro atoms. The topological polar surface area (TPSA) is 129 Å². The minimum atomic E-state index is -0.603. The van der Waals surface area contributed by atoms with Crippen molar-refractivity contribution in [2.45, 2.75) is 13.8 Å². The van der Waals surface area contributed by atoms with Crippen LogP contribution in [0.1, 0.15) is 25.2 Å². The molecule has 1 aliphatic heterocycles. The van der Waals surface area contributed by atoms with Gasteiger partial charge in [0.05, 0.1) is 11.6 Å². The van der Waals surface area contributed by atoms with E-state index in [-0.39, 0.29) is 23.4 Å². The molecule has 9 nitrogen and oxygen atoms in total. The third-order valence-electron chi connectivity index (χ3n) is 5.94. The highest BCUT2D eigenvalue weighted by Crippen LogP contribution is 2.31. The first kappa shape index (κ1) is 22.5. The van der Waals surface area contributed by atoms with Crippen molar-refractivity contribution in [1.29, 1.82) is 10.5 Å². The van der Waals surface area contributed by atoms with Gasteiger partial charge < -0.3 is 4.42 Å². The van der Waals surface area contributed by atoms with Gasteiger partial charge in [0, 0.05) is 23.4 Å². The van der Waals surface area contributed by atoms with Crippen molar-refractivity contribution in [1.82, 2.24) is 19.4 Å². The summed E-state index contributed by atoms with van der Waals surface area (Å²) in [4.78, 5) is 36.0. The maximum atomic E-state index is 13.1. The Hall–Kier alpha value is -5.28. The average Bonchev–Trinajstić information content (AvgIpc) is 3.45. The zero-order valence-electron chi connectivity index (χ0n) is 19.4. The van der Waals surface area contributed by atoms with E-state index in [4.69, 9.17) is 9.68 Å². The molecule has 3 heterocycles. The molecule has 0 bridgehead atoms. The Morgan fingerprint density at radius 1 is 0.972 bits per heavy atom. The van der Waals surface area contributed by atoms with Crippen LogP contribution in [-0.2, 0) is 9.59 Å². The third-order valence-corrected chi connectivity index (χ3v) is 5.94. The molecule has 0 atom stereocenters. The summed E-state index contributed by atoms with van der Waals surface area (Å²) < 4.78 is 7.69. The van der Waals surface area contributed by atoms with E-state index in [1.54, 1.807) is 48.8 Å². The lowest BCUT2D eigenvalue weighted by atomic mass is 9.95. The molecule has 5 rings (SSSR count). The van der Waals surface area contributed by atoms with Gasteiger partial charge in [-0.1, -0.05) is 18.2 Å². The minimum absolute atomic E-state index is 0.0783. The molecule has 174 valence electrons. The number of fused-ring (bicyclic) bond motifs is 1. The average molecular weight is 474 g/mol. The van der Waals surface area contributed by atoms with Gasteiger partial charge in [-0.05, 0) is 61.9 Å². The Morgan fingerprint density at radius 2 is 1.69 bits per heavy atom. The van der Waals surface area contributed by atoms with E-state index < -0.39 is 11.8 Å². The summed E-state index contributed by atoms with van der Waals surface area (Å²) in [6.45, 7) is 3.39. The summed E-state index contributed by atoms with van der Waals surface area (Å²) >= 11 is 0. The van der Waals surface area contributed by atoms with Gasteiger partial charge in [0.15, 0.2) is 0 Å². The van der Waals surface area contributed by atoms with Gasteiger partial charge >= 0.3 is 0 Å². The second-order valence-corrected chi connectivity index (χ2v) is 8.00. The lowest BCUT2D eigenvalue weighted by molar-refractivity contribution is -0.140. The number of amides is 2. The number of oxazole rings is 1. The Labute approximate surface area is 205 Å². The van der Waals surface area contributed by atoms with Crippen molar-refractivity contribution in [2.75, 3.05) is 6.54 Å². The van der Waals surface area contributed by atoms with Gasteiger partial charge in [-0.3, -0.25) is 19.1 Å². The molecular formula is C27H18N6O3. The van der Waals surface area contributed by atoms with Crippen molar-refractivity contribution < 1.29 is 14.0 Å². The van der Waals surface area contributed by atoms with Crippen molar-refractivity contribution in [2.24, 2.45) is 0 Å². The molecule has 36 heavy (non-hydrogen) atoms. The zero-order chi connectivity index (χ0) is 25.4. The molecule has 0 saturated heterocycles. The van der Waals surface area contributed by atoms with Gasteiger partial charge in [-0.25, -0.2) is 0 Å². The summed E-state index contributed by atoms with van der Waals surface area (Å²) in [6.07, 6.45) is 1.55. The van der Waals surface area contributed by atoms with Crippen molar-refractivity contribution in [3.8, 4) is 29.3 Å². The maximum Gasteiger partial charge on any atom is 0.271 e. The van der Waals surface area contributed by atoms with E-state index in [9.17, 15) is 14.9 Å². The molecule has 2 amide bonds. The Balaban J connectivity index is 1.71. The fourth-order valence-corrected chi connectivity index (χ4v) is 4.07. The van der Waals surface area contributed by atoms with E-state index >= 15 is 0 Å². The van der Waals surface area contributed by atoms with Crippen LogP contribution < -0.4 is 0 Å². The van der Waals surface area contributed by atoms with E-state index in [2.05, 4.69) is 16.0 Å². The first-order valence-electron chi connectivity index (χ1n) is 11.1. The maximum absolute atomic E-state index is 13.1. The van der Waals surface area contributed by atoms with Crippen LogP contribution in [0.25, 0.3) is 34.6 Å². The lowest BCUT2D eigenvalue weighted by Crippen LogP contribution is -2.42. The molecule has 4 aromatic rings. The lowest BCUT2D eigenvalue weighted by Gasteiger charge is -2.26. The number of imide groups is 1. The minimum Gasteiger partial charge on any atom is -0.416 e. The summed E-state index contributed by atoms with van der Waals surface area (Å²) in [5, 5.41) is 18.6. The number of nitrogens with zero attached hydrogens (tertiary/aromatic N) is 6. The highest BCUT2D eigenvalue weighted by molar-refractivity contribution is 6.19. The van der Waals surface area contributed by atoms with Crippen molar-refractivity contribution >= 4 is 29.3 Å². The molecular weight excluding hydrogens is 456 g/mol. The van der Waals surface area contributed by atoms with Gasteiger partial charge in [-0.15, -0.1) is 0 Å². The van der Waals surface area contributed by atoms with Crippen LogP contribution in [0.15, 0.2) is 75.7 Å². The molecule has 1 aliphatic rings. The fourth-order valence-electron chi connectivity index (χ4n) is 4.07. The number of benzene rings is 2. The first-order chi connectivity index (χ1) is 17.5. The Morgan fingerprint density at radius 3 is 2.33 bits per heavy atom. The highest BCUT2D eigenvalue weighted by atomic mass is 16.4. The number of aromatic nitrogens is 3. The van der Waals surface area contributed by atoms with Crippen LogP contribution in [-0.4, -0.2) is 37.8 Å². The predicted molar refractivity (Wildman–Crippen MR) is 130 cm³/mol. The van der Waals surface area contributed by atoms with Crippen molar-refractivity contribution in [3.05, 3.63) is 82.7 Å². The first-order valence-corrected chi connectivity index (χ1v) is 11.1. The van der Waals surface area contributed by atoms with Gasteiger partial charge in [0.2, 0.25) is 11.5 Å². The van der Waals surface area contributed by atoms with Gasteiger partial charge in [-0.2, -0.15) is 20.5 Å². The second-order valence-electron chi connectivity index (χ2n) is 8.00. The van der Waals surface area contributed by atoms with E-state index in [0.717, 1.165) is 10.6 Å². The standard InChI is InChI=1S/C27H18N6O3/c1-3-32-26(34)20(16(2)21(15-29)27(32)35)13-22-30-25-23(33(22)19-7-5-4-6-8-19)31-24(36-25)18-11-9-17(14-28)10-12-18/h4-13H,3H2,1-2H3/b20-13-. The molecule has 0 N–H and O–H groups in total. The summed E-state index contributed by atoms with van der Waals surface area (Å²) in [5.74, 6) is -0.405. The highest BCUT2D eigenvalue weighted by Gasteiger charge is 2.35. The quantitative estimate of drug-likeness (QED) is 0.321. The number of imidazole rings is 1. The normalized spacial score (nSPS) is 15.0. The fraction of sp³-hybridized carbons (Fsp3) is 0.111. The van der Waals surface area contributed by atoms with Crippen LogP contribution >= 0.6 is 0 Å². The number of para-hydroxylation sites is 1. The third kappa shape index (κ3) is 3.56. The summed E-state index contributed by atoms with van der Waals surface area (Å²) in [5.41, 5.74) is 3.04. The molecule has 0 unspecified atom stereocenters. The summed E-state index contributed by atoms with van der Waals surface area (Å²) in [7, 11) is 0. The van der Waals surface area contributed by atoms with Gasteiger partial charge in [0.25, 0.3) is 17.5 Å². The zero-order valence-corrected chi connectivity index (χ0v) is 19.4. The van der Waals surface area contributed by atoms with Crippen LogP contribution in [0.3, 0.4) is 0 Å². The predicted octanol–water partition coefficient (Wildman–Crippen LogP) is 4.16. The van der Waals surface area contributed by atoms with Crippen LogP contribution in [0.5, 0.6) is 0 Å². The van der Waals surface area contributed by atoms with E-state index in [1.165, 1.54) is 0 Å². The molecule has 0 saturated carbocycles. The largest absolute Gasteiger partial charge is 0.416 e. The second kappa shape index (κ2) is 8.82. The molecule has 2 aromatic carbocycles. The monoisotopic (exact) mass is 474 g/mol. The number of carbonyl (C=O) groups is 2. The summed E-state index contributed by atoms with van der Waals surface area (Å²) in [6, 6.07) is 20.2. The molecule has 0 radical (unpaired) electrons. The number of hydrogen-bond acceptors (Lipinski definition) is 7. The smallest absolute Gasteiger partial charge is 0.271 e.